The summed E-state index contributed by atoms with van der Waals surface area (Å²) in [5.74, 6) is -2.37. The molecule has 0 aromatic rings. The minimum Gasteiger partial charge on any atom is -0.403 e. The molecule has 3 fully saturated rings. The Balaban J connectivity index is 1.86. The van der Waals surface area contributed by atoms with Gasteiger partial charge in [0.2, 0.25) is 5.79 Å². The van der Waals surface area contributed by atoms with Gasteiger partial charge < -0.3 is 23.5 Å². The molecule has 0 radical (unpaired) electrons. The molecule has 3 aliphatic heterocycles. The highest BCUT2D eigenvalue weighted by Crippen LogP contribution is 2.45. The quantitative estimate of drug-likeness (QED) is 0.657. The van der Waals surface area contributed by atoms with Crippen molar-refractivity contribution in [3.63, 3.8) is 0 Å². The number of rotatable bonds is 3. The van der Waals surface area contributed by atoms with Crippen molar-refractivity contribution in [1.29, 1.82) is 0 Å². The molecule has 0 unspecified atom stereocenters. The van der Waals surface area contributed by atoms with Gasteiger partial charge >= 0.3 is 17.4 Å². The molecule has 120 valence electrons. The van der Waals surface area contributed by atoms with Crippen LogP contribution in [0.25, 0.3) is 0 Å². The van der Waals surface area contributed by atoms with Crippen molar-refractivity contribution in [2.24, 2.45) is 5.14 Å². The lowest BCUT2D eigenvalue weighted by molar-refractivity contribution is -0.290. The van der Waals surface area contributed by atoms with Gasteiger partial charge in [-0.05, 0) is 20.7 Å². The van der Waals surface area contributed by atoms with Gasteiger partial charge in [-0.2, -0.15) is 8.42 Å². The van der Waals surface area contributed by atoms with Gasteiger partial charge in [0, 0.05) is 0 Å². The zero-order valence-electron chi connectivity index (χ0n) is 12.0. The minimum absolute atomic E-state index is 0.179. The molecule has 2 N–H and O–H groups in total. The van der Waals surface area contributed by atoms with Crippen molar-refractivity contribution < 1.29 is 36.1 Å². The van der Waals surface area contributed by atoms with E-state index < -0.39 is 47.8 Å². The lowest BCUT2D eigenvalue weighted by atomic mass is 9.96. The van der Waals surface area contributed by atoms with Crippen LogP contribution in [0.2, 0.25) is 6.82 Å². The van der Waals surface area contributed by atoms with Crippen LogP contribution in [-0.4, -0.2) is 58.6 Å². The molecule has 4 atom stereocenters. The van der Waals surface area contributed by atoms with Crippen molar-refractivity contribution >= 4 is 17.4 Å². The van der Waals surface area contributed by atoms with Gasteiger partial charge in [0.25, 0.3) is 0 Å². The molecule has 0 bridgehead atoms. The number of nitrogens with two attached hydrogens (primary N) is 1. The van der Waals surface area contributed by atoms with E-state index in [1.54, 1.807) is 20.7 Å². The van der Waals surface area contributed by atoms with Crippen LogP contribution < -0.4 is 5.14 Å². The second kappa shape index (κ2) is 4.86. The van der Waals surface area contributed by atoms with Crippen molar-refractivity contribution in [1.82, 2.24) is 0 Å². The summed E-state index contributed by atoms with van der Waals surface area (Å²) in [4.78, 5) is 0. The highest BCUT2D eigenvalue weighted by molar-refractivity contribution is 7.84. The van der Waals surface area contributed by atoms with Gasteiger partial charge in [-0.15, -0.1) is 0 Å². The normalized spacial score (nSPS) is 41.9. The predicted molar refractivity (Wildman–Crippen MR) is 69.1 cm³/mol. The Bertz CT molecular complexity index is 527. The summed E-state index contributed by atoms with van der Waals surface area (Å²) in [6, 6.07) is 0. The number of hydrogen-bond donors (Lipinski definition) is 1. The van der Waals surface area contributed by atoms with Crippen LogP contribution in [0.3, 0.4) is 0 Å². The first-order valence-electron chi connectivity index (χ1n) is 6.60. The van der Waals surface area contributed by atoms with E-state index in [0.717, 1.165) is 0 Å². The monoisotopic (exact) mass is 323 g/mol. The first kappa shape index (κ1) is 15.6. The summed E-state index contributed by atoms with van der Waals surface area (Å²) in [5, 5.41) is 4.87. The van der Waals surface area contributed by atoms with Gasteiger partial charge in [0.1, 0.15) is 18.8 Å². The van der Waals surface area contributed by atoms with E-state index in [0.29, 0.717) is 0 Å². The molecular weight excluding hydrogens is 305 g/mol. The molecule has 11 heteroatoms. The fourth-order valence-electron chi connectivity index (χ4n) is 2.93. The number of ether oxygens (including phenoxy) is 3. The standard InChI is InChI=1S/C10H18BNO8S/c1-9(2)17-8-7-6(18-11(3)19-7)4-15-10(8,20-9)5-16-21(12,13)14/h6-8H,4-5H2,1-3H3,(H2,12,13,14)/t6-,7-,8+,10+/m1/s1. The molecular formula is C10H18BNO8S. The second-order valence-corrected chi connectivity index (χ2v) is 6.98. The van der Waals surface area contributed by atoms with Crippen LogP contribution >= 0.6 is 0 Å². The summed E-state index contributed by atoms with van der Waals surface area (Å²) in [6.45, 7) is 4.92. The molecule has 3 heterocycles. The molecule has 0 aromatic heterocycles. The molecule has 0 amide bonds. The van der Waals surface area contributed by atoms with Crippen molar-refractivity contribution in [3.05, 3.63) is 0 Å². The van der Waals surface area contributed by atoms with Crippen LogP contribution in [-0.2, 0) is 38.0 Å². The Kier molecular flexibility index (Phi) is 3.62. The second-order valence-electron chi connectivity index (χ2n) is 5.76. The minimum atomic E-state index is -4.13. The number of hydrogen-bond acceptors (Lipinski definition) is 8. The zero-order chi connectivity index (χ0) is 15.5. The molecule has 0 saturated carbocycles. The van der Waals surface area contributed by atoms with Crippen LogP contribution in [0.4, 0.5) is 0 Å². The largest absolute Gasteiger partial charge is 0.454 e. The molecule has 9 nitrogen and oxygen atoms in total. The van der Waals surface area contributed by atoms with Crippen molar-refractivity contribution in [2.75, 3.05) is 13.2 Å². The Morgan fingerprint density at radius 3 is 2.76 bits per heavy atom. The van der Waals surface area contributed by atoms with Gasteiger partial charge in [-0.25, -0.2) is 5.14 Å². The van der Waals surface area contributed by atoms with E-state index >= 15 is 0 Å². The van der Waals surface area contributed by atoms with E-state index in [2.05, 4.69) is 4.18 Å². The highest BCUT2D eigenvalue weighted by Gasteiger charge is 2.64. The summed E-state index contributed by atoms with van der Waals surface area (Å²) in [6.07, 6.45) is -1.41. The highest BCUT2D eigenvalue weighted by atomic mass is 32.2. The van der Waals surface area contributed by atoms with Gasteiger partial charge in [-0.3, -0.25) is 4.18 Å². The van der Waals surface area contributed by atoms with E-state index in [1.807, 2.05) is 0 Å². The molecule has 3 aliphatic rings. The molecule has 0 aromatic carbocycles. The number of fused-ring (bicyclic) bond motifs is 3. The summed E-state index contributed by atoms with van der Waals surface area (Å²) in [5.41, 5.74) is 0. The average molecular weight is 323 g/mol. The van der Waals surface area contributed by atoms with E-state index in [1.165, 1.54) is 0 Å². The SMILES string of the molecule is CB1O[C@@H]2[C@@H](CO[C@@]3(COS(N)(=O)=O)OC(C)(C)O[C@@H]23)O1. The van der Waals surface area contributed by atoms with Gasteiger partial charge in [0.05, 0.1) is 12.7 Å². The first-order valence-corrected chi connectivity index (χ1v) is 8.07. The molecule has 3 saturated heterocycles. The third-order valence-electron chi connectivity index (χ3n) is 3.56. The Morgan fingerprint density at radius 1 is 1.38 bits per heavy atom. The maximum atomic E-state index is 11.0. The molecule has 3 rings (SSSR count). The maximum absolute atomic E-state index is 11.0. The van der Waals surface area contributed by atoms with E-state index in [4.69, 9.17) is 28.7 Å². The first-order chi connectivity index (χ1) is 9.60. The van der Waals surface area contributed by atoms with Crippen LogP contribution in [0.15, 0.2) is 0 Å². The Morgan fingerprint density at radius 2 is 2.10 bits per heavy atom. The van der Waals surface area contributed by atoms with Crippen LogP contribution in [0.1, 0.15) is 13.8 Å². The van der Waals surface area contributed by atoms with Crippen molar-refractivity contribution in [2.45, 2.75) is 50.6 Å². The fourth-order valence-corrected chi connectivity index (χ4v) is 3.26. The van der Waals surface area contributed by atoms with Gasteiger partial charge in [0.15, 0.2) is 5.79 Å². The fraction of sp³-hybridized carbons (Fsp3) is 1.00. The van der Waals surface area contributed by atoms with E-state index in [9.17, 15) is 8.42 Å². The predicted octanol–water partition coefficient (Wildman–Crippen LogP) is -1.01. The summed E-state index contributed by atoms with van der Waals surface area (Å²) >= 11 is 0. The maximum Gasteiger partial charge on any atom is 0.454 e. The van der Waals surface area contributed by atoms with Crippen LogP contribution in [0, 0.1) is 0 Å². The summed E-state index contributed by atoms with van der Waals surface area (Å²) < 4.78 is 55.3. The lowest BCUT2D eigenvalue weighted by Gasteiger charge is -2.40. The molecule has 0 aliphatic carbocycles. The van der Waals surface area contributed by atoms with Crippen molar-refractivity contribution in [3.8, 4) is 0 Å². The Labute approximate surface area is 123 Å². The third-order valence-corrected chi connectivity index (χ3v) is 4.01. The molecule has 21 heavy (non-hydrogen) atoms. The molecule has 0 spiro atoms. The summed E-state index contributed by atoms with van der Waals surface area (Å²) in [7, 11) is -4.52. The third kappa shape index (κ3) is 2.97. The topological polar surface area (TPSA) is 116 Å². The average Bonchev–Trinajstić information content (AvgIpc) is 2.82. The van der Waals surface area contributed by atoms with Gasteiger partial charge in [-0.1, -0.05) is 0 Å². The van der Waals surface area contributed by atoms with Crippen LogP contribution in [0.5, 0.6) is 0 Å². The Hall–Kier alpha value is -0.265. The lowest BCUT2D eigenvalue weighted by Crippen LogP contribution is -2.60. The van der Waals surface area contributed by atoms with E-state index in [-0.39, 0.29) is 12.7 Å². The zero-order valence-corrected chi connectivity index (χ0v) is 12.8. The smallest absolute Gasteiger partial charge is 0.403 e.